The van der Waals surface area contributed by atoms with E-state index in [2.05, 4.69) is 19.9 Å². The Morgan fingerprint density at radius 2 is 1.91 bits per heavy atom. The predicted octanol–water partition coefficient (Wildman–Crippen LogP) is 4.52. The summed E-state index contributed by atoms with van der Waals surface area (Å²) in [6.45, 7) is 6.70. The number of hydrogen-bond donors (Lipinski definition) is 1. The Morgan fingerprint density at radius 3 is 2.65 bits per heavy atom. The molecular formula is C21H32O2. The lowest BCUT2D eigenvalue weighted by Crippen LogP contribution is -2.50. The molecule has 0 aromatic rings. The molecule has 4 aliphatic carbocycles. The van der Waals surface area contributed by atoms with Crippen molar-refractivity contribution in [2.45, 2.75) is 78.2 Å². The number of carbonyl (C=O) groups excluding carboxylic acids is 1. The van der Waals surface area contributed by atoms with E-state index < -0.39 is 0 Å². The van der Waals surface area contributed by atoms with Gasteiger partial charge in [0.25, 0.3) is 0 Å². The first-order valence-electron chi connectivity index (χ1n) is 9.74. The van der Waals surface area contributed by atoms with Crippen molar-refractivity contribution >= 4 is 5.78 Å². The van der Waals surface area contributed by atoms with Crippen molar-refractivity contribution in [2.24, 2.45) is 34.5 Å². The molecule has 1 N–H and O–H groups in total. The summed E-state index contributed by atoms with van der Waals surface area (Å²) in [4.78, 5) is 12.2. The number of fused-ring (bicyclic) bond motifs is 5. The maximum Gasteiger partial charge on any atom is 0.133 e. The minimum Gasteiger partial charge on any atom is -0.393 e. The lowest BCUT2D eigenvalue weighted by Gasteiger charge is -2.57. The van der Waals surface area contributed by atoms with E-state index in [9.17, 15) is 9.90 Å². The third-order valence-corrected chi connectivity index (χ3v) is 8.57. The van der Waals surface area contributed by atoms with E-state index in [1.54, 1.807) is 5.57 Å². The first-order valence-corrected chi connectivity index (χ1v) is 9.74. The zero-order valence-electron chi connectivity index (χ0n) is 15.0. The van der Waals surface area contributed by atoms with E-state index in [1.807, 2.05) is 6.92 Å². The molecule has 4 rings (SSSR count). The standard InChI is InChI=1S/C21H32O2/c1-13(22)17-6-7-18-16-5-4-14-12-15(23)8-10-20(14,2)19(16)9-11-21(17,18)3/h4,15-19,23H,5-12H2,1-3H3/t15-,16+,17+,18+,19+,20-,21-/m0/s1. The molecule has 0 aromatic heterocycles. The molecule has 0 spiro atoms. The molecule has 3 saturated carbocycles. The van der Waals surface area contributed by atoms with Crippen LogP contribution in [0.1, 0.15) is 72.1 Å². The Labute approximate surface area is 140 Å². The average molecular weight is 316 g/mol. The van der Waals surface area contributed by atoms with Gasteiger partial charge in [-0.1, -0.05) is 25.5 Å². The highest BCUT2D eigenvalue weighted by Crippen LogP contribution is 2.66. The smallest absolute Gasteiger partial charge is 0.133 e. The van der Waals surface area contributed by atoms with Crippen LogP contribution in [0.2, 0.25) is 0 Å². The second-order valence-corrected chi connectivity index (χ2v) is 9.44. The molecule has 23 heavy (non-hydrogen) atoms. The van der Waals surface area contributed by atoms with Gasteiger partial charge < -0.3 is 5.11 Å². The fraction of sp³-hybridized carbons (Fsp3) is 0.857. The zero-order valence-corrected chi connectivity index (χ0v) is 15.0. The van der Waals surface area contributed by atoms with E-state index >= 15 is 0 Å². The van der Waals surface area contributed by atoms with Crippen molar-refractivity contribution in [3.05, 3.63) is 11.6 Å². The molecule has 0 saturated heterocycles. The molecule has 0 heterocycles. The summed E-state index contributed by atoms with van der Waals surface area (Å²) in [7, 11) is 0. The Bertz CT molecular complexity index is 550. The lowest BCUT2D eigenvalue weighted by atomic mass is 9.47. The van der Waals surface area contributed by atoms with Crippen molar-refractivity contribution in [1.82, 2.24) is 0 Å². The van der Waals surface area contributed by atoms with Crippen molar-refractivity contribution in [3.63, 3.8) is 0 Å². The fourth-order valence-corrected chi connectivity index (χ4v) is 7.31. The second-order valence-electron chi connectivity index (χ2n) is 9.44. The van der Waals surface area contributed by atoms with Gasteiger partial charge in [-0.05, 0) is 86.9 Å². The number of aliphatic hydroxyl groups excluding tert-OH is 1. The van der Waals surface area contributed by atoms with Crippen LogP contribution in [-0.4, -0.2) is 17.0 Å². The highest BCUT2D eigenvalue weighted by Gasteiger charge is 2.59. The van der Waals surface area contributed by atoms with Gasteiger partial charge in [0.15, 0.2) is 0 Å². The first kappa shape index (κ1) is 15.9. The minimum absolute atomic E-state index is 0.117. The van der Waals surface area contributed by atoms with E-state index in [0.29, 0.717) is 17.1 Å². The van der Waals surface area contributed by atoms with Crippen molar-refractivity contribution < 1.29 is 9.90 Å². The SMILES string of the molecule is CC(=O)[C@H]1CC[C@@H]2[C@H]3CC=C4C[C@@H](O)CC[C@]4(C)[C@@H]3CC[C@@]12C. The number of hydrogen-bond acceptors (Lipinski definition) is 2. The van der Waals surface area contributed by atoms with Gasteiger partial charge in [0.05, 0.1) is 6.10 Å². The van der Waals surface area contributed by atoms with Crippen LogP contribution in [0.5, 0.6) is 0 Å². The van der Waals surface area contributed by atoms with Crippen LogP contribution < -0.4 is 0 Å². The number of aliphatic hydroxyl groups is 1. The van der Waals surface area contributed by atoms with Crippen LogP contribution in [0, 0.1) is 34.5 Å². The molecule has 0 radical (unpaired) electrons. The molecule has 4 aliphatic rings. The third-order valence-electron chi connectivity index (χ3n) is 8.57. The van der Waals surface area contributed by atoms with Gasteiger partial charge in [0.2, 0.25) is 0 Å². The molecule has 2 heteroatoms. The fourth-order valence-electron chi connectivity index (χ4n) is 7.31. The average Bonchev–Trinajstić information content (AvgIpc) is 2.85. The molecule has 0 unspecified atom stereocenters. The van der Waals surface area contributed by atoms with Gasteiger partial charge in [-0.2, -0.15) is 0 Å². The highest BCUT2D eigenvalue weighted by molar-refractivity contribution is 5.79. The van der Waals surface area contributed by atoms with Gasteiger partial charge in [-0.15, -0.1) is 0 Å². The molecule has 0 aliphatic heterocycles. The molecular weight excluding hydrogens is 284 g/mol. The molecule has 0 amide bonds. The summed E-state index contributed by atoms with van der Waals surface area (Å²) < 4.78 is 0. The van der Waals surface area contributed by atoms with E-state index in [0.717, 1.165) is 43.4 Å². The van der Waals surface area contributed by atoms with Gasteiger partial charge in [-0.3, -0.25) is 4.79 Å². The predicted molar refractivity (Wildman–Crippen MR) is 91.9 cm³/mol. The van der Waals surface area contributed by atoms with Crippen LogP contribution in [0.4, 0.5) is 0 Å². The number of carbonyl (C=O) groups is 1. The Kier molecular flexibility index (Phi) is 3.58. The van der Waals surface area contributed by atoms with Crippen molar-refractivity contribution in [2.75, 3.05) is 0 Å². The van der Waals surface area contributed by atoms with Gasteiger partial charge >= 0.3 is 0 Å². The molecule has 0 bridgehead atoms. The summed E-state index contributed by atoms with van der Waals surface area (Å²) in [5, 5.41) is 10.1. The van der Waals surface area contributed by atoms with E-state index in [-0.39, 0.29) is 11.5 Å². The van der Waals surface area contributed by atoms with E-state index in [1.165, 1.54) is 25.7 Å². The Hall–Kier alpha value is -0.630. The van der Waals surface area contributed by atoms with Gasteiger partial charge in [0.1, 0.15) is 5.78 Å². The monoisotopic (exact) mass is 316 g/mol. The van der Waals surface area contributed by atoms with Crippen molar-refractivity contribution in [1.29, 1.82) is 0 Å². The molecule has 7 atom stereocenters. The topological polar surface area (TPSA) is 37.3 Å². The van der Waals surface area contributed by atoms with Crippen LogP contribution in [0.15, 0.2) is 11.6 Å². The maximum atomic E-state index is 12.2. The summed E-state index contributed by atoms with van der Waals surface area (Å²) in [6, 6.07) is 0. The number of rotatable bonds is 1. The molecule has 128 valence electrons. The summed E-state index contributed by atoms with van der Waals surface area (Å²) >= 11 is 0. The number of ketones is 1. The normalized spacial score (nSPS) is 52.2. The third kappa shape index (κ3) is 2.13. The molecule has 0 aromatic carbocycles. The van der Waals surface area contributed by atoms with Crippen LogP contribution in [0.25, 0.3) is 0 Å². The van der Waals surface area contributed by atoms with E-state index in [4.69, 9.17) is 0 Å². The highest BCUT2D eigenvalue weighted by atomic mass is 16.3. The maximum absolute atomic E-state index is 12.2. The molecule has 3 fully saturated rings. The van der Waals surface area contributed by atoms with Gasteiger partial charge in [0, 0.05) is 5.92 Å². The zero-order chi connectivity index (χ0) is 16.4. The summed E-state index contributed by atoms with van der Waals surface area (Å²) in [5.74, 6) is 3.00. The lowest BCUT2D eigenvalue weighted by molar-refractivity contribution is -0.127. The first-order chi connectivity index (χ1) is 10.9. The van der Waals surface area contributed by atoms with Gasteiger partial charge in [-0.25, -0.2) is 0 Å². The van der Waals surface area contributed by atoms with Crippen LogP contribution in [0.3, 0.4) is 0 Å². The summed E-state index contributed by atoms with van der Waals surface area (Å²) in [5.41, 5.74) is 2.11. The Morgan fingerprint density at radius 1 is 1.13 bits per heavy atom. The largest absolute Gasteiger partial charge is 0.393 e. The van der Waals surface area contributed by atoms with Crippen LogP contribution in [-0.2, 0) is 4.79 Å². The summed E-state index contributed by atoms with van der Waals surface area (Å²) in [6.07, 6.45) is 11.5. The van der Waals surface area contributed by atoms with Crippen LogP contribution >= 0.6 is 0 Å². The number of allylic oxidation sites excluding steroid dienone is 1. The molecule has 2 nitrogen and oxygen atoms in total. The quantitative estimate of drug-likeness (QED) is 0.722. The minimum atomic E-state index is -0.117. The van der Waals surface area contributed by atoms with Crippen molar-refractivity contribution in [3.8, 4) is 0 Å². The Balaban J connectivity index is 1.66. The number of Topliss-reactive ketones (excluding diaryl/α,β-unsaturated/α-hetero) is 1. The second kappa shape index (κ2) is 5.18.